The highest BCUT2D eigenvalue weighted by molar-refractivity contribution is 7.92. The first kappa shape index (κ1) is 31.1. The van der Waals surface area contributed by atoms with E-state index in [1.54, 1.807) is 49.6 Å². The van der Waals surface area contributed by atoms with Gasteiger partial charge in [-0.1, -0.05) is 56.2 Å². The van der Waals surface area contributed by atoms with Crippen LogP contribution in [-0.2, 0) is 26.2 Å². The molecule has 1 saturated carbocycles. The van der Waals surface area contributed by atoms with Crippen LogP contribution in [0.4, 0.5) is 5.69 Å². The van der Waals surface area contributed by atoms with Crippen molar-refractivity contribution >= 4 is 27.5 Å². The lowest BCUT2D eigenvalue weighted by molar-refractivity contribution is -0.140. The first-order chi connectivity index (χ1) is 20.1. The molecule has 1 aliphatic rings. The van der Waals surface area contributed by atoms with Gasteiger partial charge in [0, 0.05) is 12.6 Å². The summed E-state index contributed by atoms with van der Waals surface area (Å²) in [4.78, 5) is 29.4. The molecular weight excluding hydrogens is 550 g/mol. The smallest absolute Gasteiger partial charge is 0.264 e. The minimum absolute atomic E-state index is 0.0877. The predicted octanol–water partition coefficient (Wildman–Crippen LogP) is 5.37. The lowest BCUT2D eigenvalue weighted by atomic mass is 10.1. The number of anilines is 1. The Labute approximate surface area is 249 Å². The molecule has 42 heavy (non-hydrogen) atoms. The van der Waals surface area contributed by atoms with Gasteiger partial charge in [-0.05, 0) is 86.2 Å². The molecule has 224 valence electrons. The summed E-state index contributed by atoms with van der Waals surface area (Å²) >= 11 is 0. The summed E-state index contributed by atoms with van der Waals surface area (Å²) in [7, 11) is -2.52. The number of amides is 2. The molecule has 2 amide bonds. The molecule has 8 nitrogen and oxygen atoms in total. The van der Waals surface area contributed by atoms with E-state index < -0.39 is 28.5 Å². The molecule has 0 saturated heterocycles. The van der Waals surface area contributed by atoms with Crippen molar-refractivity contribution in [3.8, 4) is 5.75 Å². The number of nitrogens with one attached hydrogen (secondary N) is 1. The summed E-state index contributed by atoms with van der Waals surface area (Å²) in [6.07, 6.45) is 4.36. The van der Waals surface area contributed by atoms with E-state index in [-0.39, 0.29) is 23.4 Å². The van der Waals surface area contributed by atoms with Crippen LogP contribution in [0, 0.1) is 13.8 Å². The van der Waals surface area contributed by atoms with Crippen molar-refractivity contribution in [2.45, 2.75) is 76.4 Å². The quantitative estimate of drug-likeness (QED) is 0.305. The second-order valence-corrected chi connectivity index (χ2v) is 12.8. The first-order valence-electron chi connectivity index (χ1n) is 14.5. The van der Waals surface area contributed by atoms with Crippen LogP contribution in [-0.4, -0.2) is 50.9 Å². The van der Waals surface area contributed by atoms with E-state index in [4.69, 9.17) is 4.74 Å². The second kappa shape index (κ2) is 13.9. The molecule has 0 spiro atoms. The standard InChI is InChI=1S/C33H41N3O5S/c1-5-31(33(38)34-27-11-9-10-12-27)35(22-26-15-17-29(41-4)18-16-26)32(37)23-36(28-20-24(2)19-25(3)21-28)42(39,40)30-13-7-6-8-14-30/h6-8,13-21,27,31H,5,9-12,22-23H2,1-4H3,(H,34,38)/t31-/m0/s1. The third kappa shape index (κ3) is 7.50. The summed E-state index contributed by atoms with van der Waals surface area (Å²) in [6, 6.07) is 20.2. The zero-order chi connectivity index (χ0) is 30.3. The number of ether oxygens (including phenoxy) is 1. The summed E-state index contributed by atoms with van der Waals surface area (Å²) in [5.41, 5.74) is 2.96. The number of rotatable bonds is 12. The van der Waals surface area contributed by atoms with Crippen molar-refractivity contribution in [2.24, 2.45) is 0 Å². The van der Waals surface area contributed by atoms with E-state index in [1.165, 1.54) is 17.0 Å². The molecule has 1 N–H and O–H groups in total. The first-order valence-corrected chi connectivity index (χ1v) is 15.9. The summed E-state index contributed by atoms with van der Waals surface area (Å²) in [5.74, 6) is 0.00521. The number of sulfonamides is 1. The van der Waals surface area contributed by atoms with Gasteiger partial charge in [0.2, 0.25) is 11.8 Å². The van der Waals surface area contributed by atoms with Crippen LogP contribution in [0.25, 0.3) is 0 Å². The van der Waals surface area contributed by atoms with Gasteiger partial charge in [-0.15, -0.1) is 0 Å². The van der Waals surface area contributed by atoms with Gasteiger partial charge in [0.25, 0.3) is 10.0 Å². The SMILES string of the molecule is CC[C@@H](C(=O)NC1CCCC1)N(Cc1ccc(OC)cc1)C(=O)CN(c1cc(C)cc(C)c1)S(=O)(=O)c1ccccc1. The highest BCUT2D eigenvalue weighted by atomic mass is 32.2. The van der Waals surface area contributed by atoms with Crippen LogP contribution in [0.1, 0.15) is 55.7 Å². The topological polar surface area (TPSA) is 96.0 Å². The Bertz CT molecular complexity index is 1450. The number of benzene rings is 3. The maximum absolute atomic E-state index is 14.3. The van der Waals surface area contributed by atoms with E-state index in [2.05, 4.69) is 5.32 Å². The Hall–Kier alpha value is -3.85. The number of aryl methyl sites for hydroxylation is 2. The van der Waals surface area contributed by atoms with E-state index >= 15 is 0 Å². The van der Waals surface area contributed by atoms with Crippen LogP contribution in [0.5, 0.6) is 5.75 Å². The number of hydrogen-bond donors (Lipinski definition) is 1. The fourth-order valence-corrected chi connectivity index (χ4v) is 6.98. The third-order valence-corrected chi connectivity index (χ3v) is 9.49. The van der Waals surface area contributed by atoms with E-state index in [1.807, 2.05) is 39.0 Å². The molecule has 3 aromatic rings. The molecule has 0 radical (unpaired) electrons. The number of nitrogens with zero attached hydrogens (tertiary/aromatic N) is 2. The number of methoxy groups -OCH3 is 1. The maximum Gasteiger partial charge on any atom is 0.264 e. The minimum atomic E-state index is -4.10. The summed E-state index contributed by atoms with van der Waals surface area (Å²) < 4.78 is 34.5. The zero-order valence-electron chi connectivity index (χ0n) is 24.9. The molecular formula is C33H41N3O5S. The van der Waals surface area contributed by atoms with Crippen molar-refractivity contribution in [1.82, 2.24) is 10.2 Å². The fraction of sp³-hybridized carbons (Fsp3) is 0.394. The van der Waals surface area contributed by atoms with Crippen molar-refractivity contribution in [2.75, 3.05) is 18.0 Å². The Kier molecular flexibility index (Phi) is 10.3. The van der Waals surface area contributed by atoms with E-state index in [9.17, 15) is 18.0 Å². The van der Waals surface area contributed by atoms with Crippen LogP contribution < -0.4 is 14.4 Å². The lowest BCUT2D eigenvalue weighted by Crippen LogP contribution is -2.53. The van der Waals surface area contributed by atoms with Gasteiger partial charge in [0.05, 0.1) is 17.7 Å². The average Bonchev–Trinajstić information content (AvgIpc) is 3.49. The number of hydrogen-bond acceptors (Lipinski definition) is 5. The molecule has 0 aromatic heterocycles. The Morgan fingerprint density at radius 1 is 0.952 bits per heavy atom. The van der Waals surface area contributed by atoms with Gasteiger partial charge >= 0.3 is 0 Å². The normalized spacial score (nSPS) is 14.3. The van der Waals surface area contributed by atoms with Crippen molar-refractivity contribution < 1.29 is 22.7 Å². The van der Waals surface area contributed by atoms with Gasteiger partial charge in [0.15, 0.2) is 0 Å². The predicted molar refractivity (Wildman–Crippen MR) is 165 cm³/mol. The van der Waals surface area contributed by atoms with Gasteiger partial charge in [-0.2, -0.15) is 0 Å². The molecule has 1 fully saturated rings. The van der Waals surface area contributed by atoms with Crippen LogP contribution >= 0.6 is 0 Å². The maximum atomic E-state index is 14.3. The van der Waals surface area contributed by atoms with Gasteiger partial charge in [0.1, 0.15) is 18.3 Å². The number of carbonyl (C=O) groups is 2. The highest BCUT2D eigenvalue weighted by Crippen LogP contribution is 2.27. The second-order valence-electron chi connectivity index (χ2n) is 11.0. The van der Waals surface area contributed by atoms with Crippen LogP contribution in [0.3, 0.4) is 0 Å². The number of carbonyl (C=O) groups excluding carboxylic acids is 2. The summed E-state index contributed by atoms with van der Waals surface area (Å²) in [5, 5.41) is 3.14. The zero-order valence-corrected chi connectivity index (χ0v) is 25.7. The fourth-order valence-electron chi connectivity index (χ4n) is 5.56. The van der Waals surface area contributed by atoms with E-state index in [0.717, 1.165) is 46.7 Å². The molecule has 0 aliphatic heterocycles. The Balaban J connectivity index is 1.72. The monoisotopic (exact) mass is 591 g/mol. The van der Waals surface area contributed by atoms with Crippen LogP contribution in [0.15, 0.2) is 77.7 Å². The molecule has 0 bridgehead atoms. The molecule has 9 heteroatoms. The molecule has 0 unspecified atom stereocenters. The van der Waals surface area contributed by atoms with E-state index in [0.29, 0.717) is 17.9 Å². The Morgan fingerprint density at radius 2 is 1.57 bits per heavy atom. The van der Waals surface area contributed by atoms with Crippen molar-refractivity contribution in [3.05, 3.63) is 89.5 Å². The third-order valence-electron chi connectivity index (χ3n) is 7.70. The van der Waals surface area contributed by atoms with Gasteiger partial charge in [-0.3, -0.25) is 13.9 Å². The minimum Gasteiger partial charge on any atom is -0.497 e. The lowest BCUT2D eigenvalue weighted by Gasteiger charge is -2.34. The molecule has 0 heterocycles. The molecule has 1 aliphatic carbocycles. The van der Waals surface area contributed by atoms with Crippen molar-refractivity contribution in [1.29, 1.82) is 0 Å². The molecule has 1 atom stereocenters. The van der Waals surface area contributed by atoms with Gasteiger partial charge in [-0.25, -0.2) is 8.42 Å². The average molecular weight is 592 g/mol. The highest BCUT2D eigenvalue weighted by Gasteiger charge is 2.34. The molecule has 3 aromatic carbocycles. The van der Waals surface area contributed by atoms with Crippen molar-refractivity contribution in [3.63, 3.8) is 0 Å². The largest absolute Gasteiger partial charge is 0.497 e. The molecule has 4 rings (SSSR count). The van der Waals surface area contributed by atoms with Gasteiger partial charge < -0.3 is 15.0 Å². The Morgan fingerprint density at radius 3 is 2.14 bits per heavy atom. The van der Waals surface area contributed by atoms with Crippen LogP contribution in [0.2, 0.25) is 0 Å². The summed E-state index contributed by atoms with van der Waals surface area (Å²) in [6.45, 7) is 5.34.